The first-order valence-electron chi connectivity index (χ1n) is 5.00. The SMILES string of the molecule is CC(C)CCN1CCC(CBr)C1. The van der Waals surface area contributed by atoms with Crippen LogP contribution < -0.4 is 0 Å². The molecule has 0 aromatic carbocycles. The van der Waals surface area contributed by atoms with E-state index in [9.17, 15) is 0 Å². The summed E-state index contributed by atoms with van der Waals surface area (Å²) in [6, 6.07) is 0. The van der Waals surface area contributed by atoms with Crippen LogP contribution >= 0.6 is 15.9 Å². The molecule has 1 unspecified atom stereocenters. The zero-order valence-corrected chi connectivity index (χ0v) is 9.81. The normalized spacial score (nSPS) is 25.5. The van der Waals surface area contributed by atoms with Crippen molar-refractivity contribution in [2.24, 2.45) is 11.8 Å². The van der Waals surface area contributed by atoms with E-state index in [1.165, 1.54) is 37.8 Å². The Balaban J connectivity index is 2.11. The topological polar surface area (TPSA) is 3.24 Å². The largest absolute Gasteiger partial charge is 0.303 e. The fourth-order valence-electron chi connectivity index (χ4n) is 1.68. The molecule has 0 aliphatic carbocycles. The highest BCUT2D eigenvalue weighted by Gasteiger charge is 2.20. The Morgan fingerprint density at radius 3 is 2.75 bits per heavy atom. The van der Waals surface area contributed by atoms with Crippen LogP contribution in [0.5, 0.6) is 0 Å². The fourth-order valence-corrected chi connectivity index (χ4v) is 2.21. The van der Waals surface area contributed by atoms with Crippen molar-refractivity contribution < 1.29 is 0 Å². The van der Waals surface area contributed by atoms with Gasteiger partial charge in [0.1, 0.15) is 0 Å². The van der Waals surface area contributed by atoms with Crippen molar-refractivity contribution >= 4 is 15.9 Å². The molecule has 1 aliphatic heterocycles. The third-order valence-corrected chi connectivity index (χ3v) is 3.53. The van der Waals surface area contributed by atoms with E-state index in [1.807, 2.05) is 0 Å². The van der Waals surface area contributed by atoms with Crippen molar-refractivity contribution in [2.75, 3.05) is 25.0 Å². The molecule has 0 radical (unpaired) electrons. The summed E-state index contributed by atoms with van der Waals surface area (Å²) in [5, 5.41) is 1.19. The molecular weight excluding hydrogens is 214 g/mol. The molecule has 1 atom stereocenters. The monoisotopic (exact) mass is 233 g/mol. The number of nitrogens with zero attached hydrogens (tertiary/aromatic N) is 1. The number of rotatable bonds is 4. The van der Waals surface area contributed by atoms with E-state index >= 15 is 0 Å². The Morgan fingerprint density at radius 2 is 2.25 bits per heavy atom. The maximum absolute atomic E-state index is 3.56. The lowest BCUT2D eigenvalue weighted by Crippen LogP contribution is -2.23. The van der Waals surface area contributed by atoms with Crippen LogP contribution in [0, 0.1) is 11.8 Å². The molecule has 0 N–H and O–H groups in total. The lowest BCUT2D eigenvalue weighted by molar-refractivity contribution is 0.305. The Bertz CT molecular complexity index is 125. The number of halogens is 1. The van der Waals surface area contributed by atoms with Crippen molar-refractivity contribution in [3.05, 3.63) is 0 Å². The highest BCUT2D eigenvalue weighted by Crippen LogP contribution is 2.18. The van der Waals surface area contributed by atoms with Gasteiger partial charge in [-0.1, -0.05) is 29.8 Å². The summed E-state index contributed by atoms with van der Waals surface area (Å²) in [6.07, 6.45) is 2.75. The minimum atomic E-state index is 0.855. The average molecular weight is 234 g/mol. The number of hydrogen-bond donors (Lipinski definition) is 0. The Morgan fingerprint density at radius 1 is 1.50 bits per heavy atom. The zero-order chi connectivity index (χ0) is 8.97. The third kappa shape index (κ3) is 3.44. The van der Waals surface area contributed by atoms with Crippen molar-refractivity contribution in [3.63, 3.8) is 0 Å². The predicted molar refractivity (Wildman–Crippen MR) is 57.8 cm³/mol. The van der Waals surface area contributed by atoms with Gasteiger partial charge in [-0.05, 0) is 37.8 Å². The van der Waals surface area contributed by atoms with Gasteiger partial charge in [-0.25, -0.2) is 0 Å². The molecule has 1 saturated heterocycles. The minimum Gasteiger partial charge on any atom is -0.303 e. The summed E-state index contributed by atoms with van der Waals surface area (Å²) >= 11 is 3.56. The van der Waals surface area contributed by atoms with Gasteiger partial charge in [-0.3, -0.25) is 0 Å². The number of hydrogen-bond acceptors (Lipinski definition) is 1. The molecule has 1 aliphatic rings. The average Bonchev–Trinajstić information content (AvgIpc) is 2.48. The summed E-state index contributed by atoms with van der Waals surface area (Å²) in [5.74, 6) is 1.77. The lowest BCUT2D eigenvalue weighted by Gasteiger charge is -2.16. The summed E-state index contributed by atoms with van der Waals surface area (Å²) in [5.41, 5.74) is 0. The first-order chi connectivity index (χ1) is 5.72. The molecule has 0 aromatic rings. The molecule has 12 heavy (non-hydrogen) atoms. The molecule has 1 rings (SSSR count). The van der Waals surface area contributed by atoms with Gasteiger partial charge >= 0.3 is 0 Å². The van der Waals surface area contributed by atoms with Crippen LogP contribution in [0.2, 0.25) is 0 Å². The fraction of sp³-hybridized carbons (Fsp3) is 1.00. The predicted octanol–water partition coefficient (Wildman–Crippen LogP) is 2.75. The third-order valence-electron chi connectivity index (χ3n) is 2.61. The van der Waals surface area contributed by atoms with Crippen LogP contribution in [0.4, 0.5) is 0 Å². The van der Waals surface area contributed by atoms with Gasteiger partial charge in [0.05, 0.1) is 0 Å². The Hall–Kier alpha value is 0.440. The van der Waals surface area contributed by atoms with E-state index in [4.69, 9.17) is 0 Å². The van der Waals surface area contributed by atoms with Crippen molar-refractivity contribution in [3.8, 4) is 0 Å². The second-order valence-corrected chi connectivity index (χ2v) is 4.94. The molecule has 1 nitrogen and oxygen atoms in total. The molecular formula is C10H20BrN. The van der Waals surface area contributed by atoms with Crippen LogP contribution in [0.1, 0.15) is 26.7 Å². The van der Waals surface area contributed by atoms with E-state index in [-0.39, 0.29) is 0 Å². The van der Waals surface area contributed by atoms with E-state index in [0.29, 0.717) is 0 Å². The van der Waals surface area contributed by atoms with Gasteiger partial charge in [-0.15, -0.1) is 0 Å². The second kappa shape index (κ2) is 5.23. The van der Waals surface area contributed by atoms with Crippen LogP contribution in [0.25, 0.3) is 0 Å². The second-order valence-electron chi connectivity index (χ2n) is 4.29. The lowest BCUT2D eigenvalue weighted by atomic mass is 10.1. The first-order valence-corrected chi connectivity index (χ1v) is 6.13. The van der Waals surface area contributed by atoms with E-state index in [2.05, 4.69) is 34.7 Å². The van der Waals surface area contributed by atoms with Crippen molar-refractivity contribution in [1.82, 2.24) is 4.90 Å². The van der Waals surface area contributed by atoms with Crippen molar-refractivity contribution in [1.29, 1.82) is 0 Å². The molecule has 0 amide bonds. The number of likely N-dealkylation sites (tertiary alicyclic amines) is 1. The standard InChI is InChI=1S/C10H20BrN/c1-9(2)3-5-12-6-4-10(7-11)8-12/h9-10H,3-8H2,1-2H3. The smallest absolute Gasteiger partial charge is 0.00723 e. The van der Waals surface area contributed by atoms with Crippen molar-refractivity contribution in [2.45, 2.75) is 26.7 Å². The highest BCUT2D eigenvalue weighted by atomic mass is 79.9. The molecule has 0 bridgehead atoms. The van der Waals surface area contributed by atoms with E-state index in [1.54, 1.807) is 0 Å². The van der Waals surface area contributed by atoms with Gasteiger partial charge in [0, 0.05) is 11.9 Å². The summed E-state index contributed by atoms with van der Waals surface area (Å²) in [7, 11) is 0. The van der Waals surface area contributed by atoms with Gasteiger partial charge in [0.15, 0.2) is 0 Å². The minimum absolute atomic E-state index is 0.855. The molecule has 1 heterocycles. The zero-order valence-electron chi connectivity index (χ0n) is 8.22. The molecule has 0 aromatic heterocycles. The van der Waals surface area contributed by atoms with Gasteiger partial charge < -0.3 is 4.90 Å². The molecule has 72 valence electrons. The molecule has 0 saturated carbocycles. The Labute approximate surface area is 84.6 Å². The van der Waals surface area contributed by atoms with Crippen LogP contribution in [0.3, 0.4) is 0 Å². The molecule has 0 spiro atoms. The highest BCUT2D eigenvalue weighted by molar-refractivity contribution is 9.09. The van der Waals surface area contributed by atoms with Crippen LogP contribution in [-0.4, -0.2) is 29.9 Å². The first kappa shape index (κ1) is 10.5. The van der Waals surface area contributed by atoms with Gasteiger partial charge in [0.25, 0.3) is 0 Å². The van der Waals surface area contributed by atoms with Crippen LogP contribution in [0.15, 0.2) is 0 Å². The molecule has 2 heteroatoms. The van der Waals surface area contributed by atoms with Crippen LogP contribution in [-0.2, 0) is 0 Å². The summed E-state index contributed by atoms with van der Waals surface area (Å²) in [4.78, 5) is 2.60. The summed E-state index contributed by atoms with van der Waals surface area (Å²) < 4.78 is 0. The van der Waals surface area contributed by atoms with E-state index < -0.39 is 0 Å². The number of alkyl halides is 1. The maximum Gasteiger partial charge on any atom is 0.00723 e. The van der Waals surface area contributed by atoms with E-state index in [0.717, 1.165) is 11.8 Å². The summed E-state index contributed by atoms with van der Waals surface area (Å²) in [6.45, 7) is 8.55. The van der Waals surface area contributed by atoms with Gasteiger partial charge in [-0.2, -0.15) is 0 Å². The Kier molecular flexibility index (Phi) is 4.59. The maximum atomic E-state index is 3.56. The van der Waals surface area contributed by atoms with Gasteiger partial charge in [0.2, 0.25) is 0 Å². The quantitative estimate of drug-likeness (QED) is 0.676. The molecule has 1 fully saturated rings.